The summed E-state index contributed by atoms with van der Waals surface area (Å²) in [6, 6.07) is 7.56. The van der Waals surface area contributed by atoms with Gasteiger partial charge in [-0.3, -0.25) is 19.2 Å². The fourth-order valence-corrected chi connectivity index (χ4v) is 3.33. The van der Waals surface area contributed by atoms with Gasteiger partial charge in [0.2, 0.25) is 5.88 Å². The first-order valence-corrected chi connectivity index (χ1v) is 9.42. The summed E-state index contributed by atoms with van der Waals surface area (Å²) in [4.78, 5) is 29.0. The summed E-state index contributed by atoms with van der Waals surface area (Å²) in [7, 11) is 3.28. The minimum absolute atomic E-state index is 0.0545. The van der Waals surface area contributed by atoms with Crippen LogP contribution in [0.4, 0.5) is 0 Å². The zero-order valence-electron chi connectivity index (χ0n) is 16.6. The van der Waals surface area contributed by atoms with Crippen LogP contribution in [-0.2, 0) is 7.05 Å². The molecule has 8 heteroatoms. The van der Waals surface area contributed by atoms with E-state index in [4.69, 9.17) is 4.74 Å². The molecule has 0 radical (unpaired) electrons. The molecule has 0 bridgehead atoms. The van der Waals surface area contributed by atoms with Crippen LogP contribution in [0.2, 0.25) is 0 Å². The molecular formula is C20H27N5O3. The quantitative estimate of drug-likeness (QED) is 0.800. The summed E-state index contributed by atoms with van der Waals surface area (Å²) < 4.78 is 6.77. The van der Waals surface area contributed by atoms with E-state index in [2.05, 4.69) is 15.3 Å². The lowest BCUT2D eigenvalue weighted by Crippen LogP contribution is -2.50. The van der Waals surface area contributed by atoms with Crippen LogP contribution in [0.3, 0.4) is 0 Å². The topological polar surface area (TPSA) is 79.7 Å². The van der Waals surface area contributed by atoms with E-state index in [1.54, 1.807) is 17.9 Å². The lowest BCUT2D eigenvalue weighted by Gasteiger charge is -2.34. The summed E-state index contributed by atoms with van der Waals surface area (Å²) in [6.45, 7) is 6.14. The number of carbonyl (C=O) groups excluding carboxylic acids is 2. The number of amides is 2. The SMILES string of the molecule is COc1nn(C)cc1C(=O)N1CCN(CCNC(=O)c2cccc(C)c2)CC1. The van der Waals surface area contributed by atoms with Gasteiger partial charge in [0, 0.05) is 58.1 Å². The maximum atomic E-state index is 12.7. The van der Waals surface area contributed by atoms with Crippen molar-refractivity contribution in [2.24, 2.45) is 7.05 Å². The molecule has 0 saturated carbocycles. The van der Waals surface area contributed by atoms with Gasteiger partial charge in [0.25, 0.3) is 11.8 Å². The number of hydrogen-bond donors (Lipinski definition) is 1. The summed E-state index contributed by atoms with van der Waals surface area (Å²) in [5.74, 6) is 0.243. The van der Waals surface area contributed by atoms with Crippen molar-refractivity contribution in [1.82, 2.24) is 24.9 Å². The van der Waals surface area contributed by atoms with Gasteiger partial charge in [0.1, 0.15) is 5.56 Å². The standard InChI is InChI=1S/C20H27N5O3/c1-15-5-4-6-16(13-15)18(26)21-7-8-24-9-11-25(12-10-24)20(27)17-14-23(2)22-19(17)28-3/h4-6,13-14H,7-12H2,1-3H3,(H,21,26). The van der Waals surface area contributed by atoms with Crippen LogP contribution in [0, 0.1) is 6.92 Å². The average molecular weight is 385 g/mol. The third-order valence-corrected chi connectivity index (χ3v) is 4.87. The Morgan fingerprint density at radius 1 is 1.21 bits per heavy atom. The first-order valence-electron chi connectivity index (χ1n) is 9.42. The summed E-state index contributed by atoms with van der Waals surface area (Å²) in [6.07, 6.45) is 1.69. The highest BCUT2D eigenvalue weighted by atomic mass is 16.5. The van der Waals surface area contributed by atoms with Gasteiger partial charge in [0.15, 0.2) is 0 Å². The molecule has 1 fully saturated rings. The molecule has 0 aliphatic carbocycles. The Morgan fingerprint density at radius 2 is 1.96 bits per heavy atom. The predicted octanol–water partition coefficient (Wildman–Crippen LogP) is 0.925. The summed E-state index contributed by atoms with van der Waals surface area (Å²) in [5, 5.41) is 7.11. The molecular weight excluding hydrogens is 358 g/mol. The lowest BCUT2D eigenvalue weighted by molar-refractivity contribution is 0.0635. The van der Waals surface area contributed by atoms with Gasteiger partial charge in [0.05, 0.1) is 7.11 Å². The molecule has 3 rings (SSSR count). The molecule has 0 spiro atoms. The van der Waals surface area contributed by atoms with E-state index >= 15 is 0 Å². The lowest BCUT2D eigenvalue weighted by atomic mass is 10.1. The van der Waals surface area contributed by atoms with Crippen molar-refractivity contribution < 1.29 is 14.3 Å². The van der Waals surface area contributed by atoms with Crippen molar-refractivity contribution in [3.8, 4) is 5.88 Å². The van der Waals surface area contributed by atoms with E-state index in [1.807, 2.05) is 36.1 Å². The van der Waals surface area contributed by atoms with Crippen LogP contribution in [0.5, 0.6) is 5.88 Å². The van der Waals surface area contributed by atoms with E-state index < -0.39 is 0 Å². The number of benzene rings is 1. The Hall–Kier alpha value is -2.87. The second-order valence-electron chi connectivity index (χ2n) is 6.98. The van der Waals surface area contributed by atoms with Crippen molar-refractivity contribution >= 4 is 11.8 Å². The summed E-state index contributed by atoms with van der Waals surface area (Å²) >= 11 is 0. The molecule has 1 aliphatic heterocycles. The number of hydrogen-bond acceptors (Lipinski definition) is 5. The maximum Gasteiger partial charge on any atom is 0.261 e. The molecule has 150 valence electrons. The number of methoxy groups -OCH3 is 1. The smallest absolute Gasteiger partial charge is 0.261 e. The Kier molecular flexibility index (Phi) is 6.30. The van der Waals surface area contributed by atoms with Crippen molar-refractivity contribution in [1.29, 1.82) is 0 Å². The van der Waals surface area contributed by atoms with Crippen LogP contribution in [0.15, 0.2) is 30.5 Å². The number of carbonyl (C=O) groups is 2. The number of nitrogens with one attached hydrogen (secondary N) is 1. The number of nitrogens with zero attached hydrogens (tertiary/aromatic N) is 4. The van der Waals surface area contributed by atoms with E-state index in [1.165, 1.54) is 7.11 Å². The van der Waals surface area contributed by atoms with Gasteiger partial charge >= 0.3 is 0 Å². The van der Waals surface area contributed by atoms with Gasteiger partial charge in [-0.25, -0.2) is 0 Å². The highest BCUT2D eigenvalue weighted by molar-refractivity contribution is 5.96. The first kappa shape index (κ1) is 19.9. The molecule has 2 aromatic rings. The molecule has 1 aliphatic rings. The van der Waals surface area contributed by atoms with Gasteiger partial charge < -0.3 is 15.0 Å². The Morgan fingerprint density at radius 3 is 2.64 bits per heavy atom. The van der Waals surface area contributed by atoms with Crippen molar-refractivity contribution in [2.45, 2.75) is 6.92 Å². The molecule has 2 heterocycles. The number of aromatic nitrogens is 2. The first-order chi connectivity index (χ1) is 13.5. The van der Waals surface area contributed by atoms with Crippen LogP contribution < -0.4 is 10.1 Å². The predicted molar refractivity (Wildman–Crippen MR) is 106 cm³/mol. The van der Waals surface area contributed by atoms with Gasteiger partial charge in [-0.1, -0.05) is 17.7 Å². The molecule has 1 aromatic carbocycles. The Bertz CT molecular complexity index is 840. The average Bonchev–Trinajstić information content (AvgIpc) is 3.08. The van der Waals surface area contributed by atoms with Crippen molar-refractivity contribution in [2.75, 3.05) is 46.4 Å². The van der Waals surface area contributed by atoms with E-state index in [0.717, 1.165) is 25.2 Å². The fraction of sp³-hybridized carbons (Fsp3) is 0.450. The minimum Gasteiger partial charge on any atom is -0.479 e. The van der Waals surface area contributed by atoms with Crippen molar-refractivity contribution in [3.05, 3.63) is 47.2 Å². The van der Waals surface area contributed by atoms with E-state index in [0.29, 0.717) is 36.6 Å². The van der Waals surface area contributed by atoms with Crippen LogP contribution in [0.25, 0.3) is 0 Å². The highest BCUT2D eigenvalue weighted by Gasteiger charge is 2.26. The second-order valence-corrected chi connectivity index (χ2v) is 6.98. The normalized spacial score (nSPS) is 14.8. The fourth-order valence-electron chi connectivity index (χ4n) is 3.33. The van der Waals surface area contributed by atoms with E-state index in [-0.39, 0.29) is 11.8 Å². The van der Waals surface area contributed by atoms with Crippen molar-refractivity contribution in [3.63, 3.8) is 0 Å². The highest BCUT2D eigenvalue weighted by Crippen LogP contribution is 2.18. The Labute approximate surface area is 165 Å². The summed E-state index contributed by atoms with van der Waals surface area (Å²) in [5.41, 5.74) is 2.24. The van der Waals surface area contributed by atoms with Gasteiger partial charge in [-0.2, -0.15) is 0 Å². The number of ether oxygens (including phenoxy) is 1. The third-order valence-electron chi connectivity index (χ3n) is 4.87. The minimum atomic E-state index is -0.0580. The maximum absolute atomic E-state index is 12.7. The van der Waals surface area contributed by atoms with E-state index in [9.17, 15) is 9.59 Å². The molecule has 1 saturated heterocycles. The molecule has 28 heavy (non-hydrogen) atoms. The monoisotopic (exact) mass is 385 g/mol. The number of rotatable bonds is 6. The van der Waals surface area contributed by atoms with Gasteiger partial charge in [-0.15, -0.1) is 5.10 Å². The van der Waals surface area contributed by atoms with Gasteiger partial charge in [-0.05, 0) is 19.1 Å². The van der Waals surface area contributed by atoms with Crippen LogP contribution >= 0.6 is 0 Å². The molecule has 0 atom stereocenters. The molecule has 1 aromatic heterocycles. The zero-order valence-corrected chi connectivity index (χ0v) is 16.6. The third kappa shape index (κ3) is 4.69. The van der Waals surface area contributed by atoms with Crippen LogP contribution in [0.1, 0.15) is 26.3 Å². The Balaban J connectivity index is 1.44. The molecule has 2 amide bonds. The second kappa shape index (κ2) is 8.88. The zero-order chi connectivity index (χ0) is 20.1. The number of aryl methyl sites for hydroxylation is 2. The largest absolute Gasteiger partial charge is 0.479 e. The molecule has 8 nitrogen and oxygen atoms in total. The molecule has 0 unspecified atom stereocenters. The molecule has 1 N–H and O–H groups in total. The van der Waals surface area contributed by atoms with Crippen LogP contribution in [-0.4, -0.2) is 77.8 Å². The number of piperazine rings is 1.